The van der Waals surface area contributed by atoms with E-state index in [-0.39, 0.29) is 5.91 Å². The Morgan fingerprint density at radius 2 is 2.05 bits per heavy atom. The largest absolute Gasteiger partial charge is 0.321 e. The maximum atomic E-state index is 12.4. The summed E-state index contributed by atoms with van der Waals surface area (Å²) in [5, 5.41) is 3.80. The van der Waals surface area contributed by atoms with Crippen LogP contribution in [0.15, 0.2) is 30.3 Å². The fourth-order valence-corrected chi connectivity index (χ4v) is 4.20. The van der Waals surface area contributed by atoms with Crippen molar-refractivity contribution in [2.45, 2.75) is 37.4 Å². The Bertz CT molecular complexity index is 626. The summed E-state index contributed by atoms with van der Waals surface area (Å²) in [6, 6.07) is 10.0. The van der Waals surface area contributed by atoms with Crippen LogP contribution in [0.25, 0.3) is 0 Å². The number of fused-ring (bicyclic) bond motifs is 1. The molecule has 21 heavy (non-hydrogen) atoms. The minimum atomic E-state index is 0.0137. The molecule has 1 aliphatic carbocycles. The van der Waals surface area contributed by atoms with Crippen molar-refractivity contribution in [3.63, 3.8) is 0 Å². The first-order valence-corrected chi connectivity index (χ1v) is 9.28. The van der Waals surface area contributed by atoms with Crippen molar-refractivity contribution in [1.82, 2.24) is 0 Å². The number of aryl methyl sites for hydroxylation is 2. The molecule has 3 rings (SSSR count). The van der Waals surface area contributed by atoms with Gasteiger partial charge < -0.3 is 5.32 Å². The molecule has 0 saturated carbocycles. The number of hydrogen-bond donors (Lipinski definition) is 1. The van der Waals surface area contributed by atoms with Gasteiger partial charge in [0.15, 0.2) is 0 Å². The average Bonchev–Trinajstić information content (AvgIpc) is 2.79. The van der Waals surface area contributed by atoms with E-state index in [1.807, 2.05) is 24.3 Å². The minimum Gasteiger partial charge on any atom is -0.321 e. The van der Waals surface area contributed by atoms with Gasteiger partial charge in [-0.3, -0.25) is 4.79 Å². The number of rotatable bonds is 3. The standard InChI is InChI=1S/C17H18BrNOS/c18-11-12-5-4-7-14(9-12)19-17(20)16-10-13-6-2-1-3-8-15(13)21-16/h4-5,7,9-10H,1-3,6,8,11H2,(H,19,20). The maximum absolute atomic E-state index is 12.4. The van der Waals surface area contributed by atoms with Crippen LogP contribution in [0.1, 0.15) is 44.9 Å². The number of anilines is 1. The van der Waals surface area contributed by atoms with E-state index in [1.54, 1.807) is 11.3 Å². The van der Waals surface area contributed by atoms with Gasteiger partial charge in [-0.25, -0.2) is 0 Å². The first-order valence-electron chi connectivity index (χ1n) is 7.34. The summed E-state index contributed by atoms with van der Waals surface area (Å²) in [6.07, 6.45) is 6.06. The Labute approximate surface area is 137 Å². The summed E-state index contributed by atoms with van der Waals surface area (Å²) in [5.41, 5.74) is 3.41. The number of carbonyl (C=O) groups excluding carboxylic acids is 1. The number of thiophene rings is 1. The molecule has 0 unspecified atom stereocenters. The number of nitrogens with one attached hydrogen (secondary N) is 1. The molecular formula is C17H18BrNOS. The van der Waals surface area contributed by atoms with Gasteiger partial charge in [0.25, 0.3) is 5.91 Å². The Morgan fingerprint density at radius 3 is 2.90 bits per heavy atom. The molecule has 1 N–H and O–H groups in total. The number of amides is 1. The van der Waals surface area contributed by atoms with Gasteiger partial charge in [-0.1, -0.05) is 34.5 Å². The number of alkyl halides is 1. The highest BCUT2D eigenvalue weighted by molar-refractivity contribution is 9.08. The van der Waals surface area contributed by atoms with Gasteiger partial charge in [0, 0.05) is 15.9 Å². The summed E-state index contributed by atoms with van der Waals surface area (Å²) in [7, 11) is 0. The molecule has 0 radical (unpaired) electrons. The minimum absolute atomic E-state index is 0.0137. The summed E-state index contributed by atoms with van der Waals surface area (Å²) in [4.78, 5) is 14.7. The summed E-state index contributed by atoms with van der Waals surface area (Å²) in [6.45, 7) is 0. The molecule has 0 spiro atoms. The lowest BCUT2D eigenvalue weighted by atomic mass is 10.1. The van der Waals surface area contributed by atoms with E-state index in [0.717, 1.165) is 34.3 Å². The fraction of sp³-hybridized carbons (Fsp3) is 0.353. The lowest BCUT2D eigenvalue weighted by Gasteiger charge is -2.05. The second-order valence-corrected chi connectivity index (χ2v) is 7.11. The molecule has 4 heteroatoms. The molecule has 0 bridgehead atoms. The molecule has 1 aromatic heterocycles. The van der Waals surface area contributed by atoms with E-state index in [4.69, 9.17) is 0 Å². The summed E-state index contributed by atoms with van der Waals surface area (Å²) in [5.74, 6) is 0.0137. The van der Waals surface area contributed by atoms with E-state index >= 15 is 0 Å². The predicted molar refractivity (Wildman–Crippen MR) is 92.6 cm³/mol. The van der Waals surface area contributed by atoms with E-state index in [2.05, 4.69) is 27.3 Å². The van der Waals surface area contributed by atoms with Crippen molar-refractivity contribution in [1.29, 1.82) is 0 Å². The monoisotopic (exact) mass is 363 g/mol. The van der Waals surface area contributed by atoms with Crippen molar-refractivity contribution in [3.8, 4) is 0 Å². The molecular weight excluding hydrogens is 346 g/mol. The average molecular weight is 364 g/mol. The van der Waals surface area contributed by atoms with Gasteiger partial charge in [0.05, 0.1) is 4.88 Å². The zero-order valence-corrected chi connectivity index (χ0v) is 14.2. The normalized spacial score (nSPS) is 14.3. The Hall–Kier alpha value is -1.13. The molecule has 1 amide bonds. The van der Waals surface area contributed by atoms with Crippen LogP contribution in [0.3, 0.4) is 0 Å². The Balaban J connectivity index is 1.76. The highest BCUT2D eigenvalue weighted by Gasteiger charge is 2.16. The van der Waals surface area contributed by atoms with Gasteiger partial charge in [-0.15, -0.1) is 11.3 Å². The topological polar surface area (TPSA) is 29.1 Å². The van der Waals surface area contributed by atoms with E-state index in [1.165, 1.54) is 29.7 Å². The van der Waals surface area contributed by atoms with Crippen molar-refractivity contribution < 1.29 is 4.79 Å². The van der Waals surface area contributed by atoms with Gasteiger partial charge >= 0.3 is 0 Å². The first-order chi connectivity index (χ1) is 10.3. The first kappa shape index (κ1) is 14.8. The SMILES string of the molecule is O=C(Nc1cccc(CBr)c1)c1cc2c(s1)CCCCC2. The van der Waals surface area contributed by atoms with Crippen LogP contribution in [0.4, 0.5) is 5.69 Å². The molecule has 1 aromatic carbocycles. The molecule has 0 atom stereocenters. The summed E-state index contributed by atoms with van der Waals surface area (Å²) >= 11 is 5.10. The predicted octanol–water partition coefficient (Wildman–Crippen LogP) is 5.16. The second kappa shape index (κ2) is 6.75. The zero-order chi connectivity index (χ0) is 14.7. The van der Waals surface area contributed by atoms with Crippen LogP contribution in [0.5, 0.6) is 0 Å². The molecule has 2 nitrogen and oxygen atoms in total. The smallest absolute Gasteiger partial charge is 0.265 e. The van der Waals surface area contributed by atoms with Crippen LogP contribution in [0.2, 0.25) is 0 Å². The number of benzene rings is 1. The van der Waals surface area contributed by atoms with Gasteiger partial charge in [-0.05, 0) is 55.0 Å². The molecule has 1 aliphatic rings. The van der Waals surface area contributed by atoms with Crippen molar-refractivity contribution in [2.24, 2.45) is 0 Å². The summed E-state index contributed by atoms with van der Waals surface area (Å²) < 4.78 is 0. The number of hydrogen-bond acceptors (Lipinski definition) is 2. The van der Waals surface area contributed by atoms with E-state index in [9.17, 15) is 4.79 Å². The third-order valence-corrected chi connectivity index (χ3v) is 5.69. The molecule has 0 saturated heterocycles. The van der Waals surface area contributed by atoms with Crippen molar-refractivity contribution in [2.75, 3.05) is 5.32 Å². The van der Waals surface area contributed by atoms with Gasteiger partial charge in [0.1, 0.15) is 0 Å². The molecule has 1 heterocycles. The molecule has 2 aromatic rings. The lowest BCUT2D eigenvalue weighted by Crippen LogP contribution is -2.10. The molecule has 110 valence electrons. The Morgan fingerprint density at radius 1 is 1.19 bits per heavy atom. The van der Waals surface area contributed by atoms with Crippen molar-refractivity contribution >= 4 is 38.9 Å². The van der Waals surface area contributed by atoms with Crippen LogP contribution >= 0.6 is 27.3 Å². The van der Waals surface area contributed by atoms with Gasteiger partial charge in [0.2, 0.25) is 0 Å². The second-order valence-electron chi connectivity index (χ2n) is 5.41. The van der Waals surface area contributed by atoms with E-state index in [0.29, 0.717) is 0 Å². The van der Waals surface area contributed by atoms with Gasteiger partial charge in [-0.2, -0.15) is 0 Å². The fourth-order valence-electron chi connectivity index (χ4n) is 2.70. The highest BCUT2D eigenvalue weighted by atomic mass is 79.9. The van der Waals surface area contributed by atoms with Crippen LogP contribution in [-0.2, 0) is 18.2 Å². The van der Waals surface area contributed by atoms with Crippen LogP contribution < -0.4 is 5.32 Å². The van der Waals surface area contributed by atoms with Crippen LogP contribution in [-0.4, -0.2) is 5.91 Å². The third kappa shape index (κ3) is 3.55. The third-order valence-electron chi connectivity index (χ3n) is 3.81. The van der Waals surface area contributed by atoms with Crippen molar-refractivity contribution in [3.05, 3.63) is 51.2 Å². The Kier molecular flexibility index (Phi) is 4.76. The maximum Gasteiger partial charge on any atom is 0.265 e. The van der Waals surface area contributed by atoms with Crippen LogP contribution in [0, 0.1) is 0 Å². The number of carbonyl (C=O) groups is 1. The van der Waals surface area contributed by atoms with E-state index < -0.39 is 0 Å². The molecule has 0 fully saturated rings. The highest BCUT2D eigenvalue weighted by Crippen LogP contribution is 2.29. The number of halogens is 1. The molecule has 0 aliphatic heterocycles. The quantitative estimate of drug-likeness (QED) is 0.591. The lowest BCUT2D eigenvalue weighted by molar-refractivity contribution is 0.103. The zero-order valence-electron chi connectivity index (χ0n) is 11.8.